The highest BCUT2D eigenvalue weighted by Crippen LogP contribution is 2.35. The van der Waals surface area contributed by atoms with E-state index in [-0.39, 0.29) is 6.07 Å². The zero-order chi connectivity index (χ0) is 14.1. The molecule has 1 aromatic rings. The monoisotopic (exact) mass is 381 g/mol. The minimum atomic E-state index is -4.95. The molecule has 0 aliphatic heterocycles. The standard InChI is InChI=1S/C9H5F5INO2/c1-18-8(17)5-3(9(12,13)14)2-4(6(10)11)16-7(5)15/h2,6H,1H3. The van der Waals surface area contributed by atoms with Gasteiger partial charge in [-0.3, -0.25) is 0 Å². The fourth-order valence-electron chi connectivity index (χ4n) is 1.16. The Bertz CT molecular complexity index is 475. The Morgan fingerprint density at radius 1 is 1.44 bits per heavy atom. The van der Waals surface area contributed by atoms with Gasteiger partial charge in [0.25, 0.3) is 6.43 Å². The molecule has 100 valence electrons. The lowest BCUT2D eigenvalue weighted by atomic mass is 10.1. The summed E-state index contributed by atoms with van der Waals surface area (Å²) in [5.74, 6) is -1.28. The third-order valence-electron chi connectivity index (χ3n) is 1.91. The van der Waals surface area contributed by atoms with Gasteiger partial charge < -0.3 is 4.74 Å². The van der Waals surface area contributed by atoms with E-state index in [0.717, 1.165) is 7.11 Å². The third kappa shape index (κ3) is 3.06. The van der Waals surface area contributed by atoms with Crippen molar-refractivity contribution in [3.63, 3.8) is 0 Å². The molecule has 0 amide bonds. The number of rotatable bonds is 2. The highest BCUT2D eigenvalue weighted by Gasteiger charge is 2.38. The fourth-order valence-corrected chi connectivity index (χ4v) is 1.95. The van der Waals surface area contributed by atoms with E-state index in [1.165, 1.54) is 22.6 Å². The average Bonchev–Trinajstić information content (AvgIpc) is 2.25. The Kier molecular flexibility index (Phi) is 4.46. The molecule has 3 nitrogen and oxygen atoms in total. The van der Waals surface area contributed by atoms with Crippen LogP contribution in [0.5, 0.6) is 0 Å². The molecule has 0 saturated heterocycles. The Morgan fingerprint density at radius 3 is 2.39 bits per heavy atom. The van der Waals surface area contributed by atoms with Crippen molar-refractivity contribution in [2.45, 2.75) is 12.6 Å². The van der Waals surface area contributed by atoms with E-state index in [9.17, 15) is 26.7 Å². The zero-order valence-electron chi connectivity index (χ0n) is 8.69. The molecule has 0 aromatic carbocycles. The SMILES string of the molecule is COC(=O)c1c(C(F)(F)F)cc(C(F)F)nc1I. The van der Waals surface area contributed by atoms with Crippen molar-refractivity contribution in [3.8, 4) is 0 Å². The molecule has 0 spiro atoms. The van der Waals surface area contributed by atoms with Gasteiger partial charge in [-0.25, -0.2) is 18.6 Å². The molecule has 1 heterocycles. The number of alkyl halides is 5. The number of aromatic nitrogens is 1. The smallest absolute Gasteiger partial charge is 0.417 e. The van der Waals surface area contributed by atoms with Crippen LogP contribution in [0.1, 0.15) is 28.0 Å². The quantitative estimate of drug-likeness (QED) is 0.341. The molecule has 0 aliphatic rings. The van der Waals surface area contributed by atoms with E-state index in [1.54, 1.807) is 0 Å². The van der Waals surface area contributed by atoms with Crippen LogP contribution < -0.4 is 0 Å². The van der Waals surface area contributed by atoms with Crippen LogP contribution in [0.2, 0.25) is 0 Å². The molecule has 0 radical (unpaired) electrons. The van der Waals surface area contributed by atoms with E-state index in [1.807, 2.05) is 0 Å². The molecule has 0 fully saturated rings. The number of ether oxygens (including phenoxy) is 1. The number of halogens is 6. The van der Waals surface area contributed by atoms with Crippen molar-refractivity contribution in [2.75, 3.05) is 7.11 Å². The summed E-state index contributed by atoms with van der Waals surface area (Å²) in [5.41, 5.74) is -3.39. The third-order valence-corrected chi connectivity index (χ3v) is 2.69. The topological polar surface area (TPSA) is 39.2 Å². The van der Waals surface area contributed by atoms with Crippen LogP contribution in [0, 0.1) is 3.70 Å². The highest BCUT2D eigenvalue weighted by molar-refractivity contribution is 14.1. The van der Waals surface area contributed by atoms with Crippen LogP contribution >= 0.6 is 22.6 Å². The summed E-state index contributed by atoms with van der Waals surface area (Å²) >= 11 is 1.28. The van der Waals surface area contributed by atoms with Crippen LogP contribution in [0.4, 0.5) is 22.0 Å². The van der Waals surface area contributed by atoms with E-state index in [2.05, 4.69) is 9.72 Å². The maximum atomic E-state index is 12.7. The van der Waals surface area contributed by atoms with Crippen LogP contribution in [0.25, 0.3) is 0 Å². The van der Waals surface area contributed by atoms with Gasteiger partial charge >= 0.3 is 12.1 Å². The second-order valence-electron chi connectivity index (χ2n) is 3.05. The number of esters is 1. The summed E-state index contributed by atoms with van der Waals surface area (Å²) in [6, 6.07) is 0.152. The second kappa shape index (κ2) is 5.33. The summed E-state index contributed by atoms with van der Waals surface area (Å²) in [6.45, 7) is 0. The maximum Gasteiger partial charge on any atom is 0.417 e. The van der Waals surface area contributed by atoms with Crippen molar-refractivity contribution in [1.82, 2.24) is 4.98 Å². The summed E-state index contributed by atoms with van der Waals surface area (Å²) in [6.07, 6.45) is -8.11. The molecule has 0 unspecified atom stereocenters. The van der Waals surface area contributed by atoms with Crippen molar-refractivity contribution in [1.29, 1.82) is 0 Å². The van der Waals surface area contributed by atoms with Gasteiger partial charge in [0, 0.05) is 0 Å². The van der Waals surface area contributed by atoms with Crippen molar-refractivity contribution in [2.24, 2.45) is 0 Å². The fraction of sp³-hybridized carbons (Fsp3) is 0.333. The minimum absolute atomic E-state index is 0.152. The normalized spacial score (nSPS) is 11.8. The number of hydrogen-bond acceptors (Lipinski definition) is 3. The molecular formula is C9H5F5INO2. The van der Waals surface area contributed by atoms with Crippen molar-refractivity contribution < 1.29 is 31.5 Å². The van der Waals surface area contributed by atoms with Gasteiger partial charge in [0.1, 0.15) is 15.0 Å². The summed E-state index contributed by atoms with van der Waals surface area (Å²) in [4.78, 5) is 14.5. The number of pyridine rings is 1. The predicted octanol–water partition coefficient (Wildman–Crippen LogP) is 3.43. The molecule has 0 atom stereocenters. The zero-order valence-corrected chi connectivity index (χ0v) is 10.8. The predicted molar refractivity (Wildman–Crippen MR) is 58.3 cm³/mol. The van der Waals surface area contributed by atoms with Gasteiger partial charge in [0.15, 0.2) is 0 Å². The lowest BCUT2D eigenvalue weighted by Crippen LogP contribution is -2.18. The number of carbonyl (C=O) groups is 1. The first-order valence-electron chi connectivity index (χ1n) is 4.32. The molecule has 1 rings (SSSR count). The van der Waals surface area contributed by atoms with E-state index >= 15 is 0 Å². The largest absolute Gasteiger partial charge is 0.465 e. The minimum Gasteiger partial charge on any atom is -0.465 e. The highest BCUT2D eigenvalue weighted by atomic mass is 127. The van der Waals surface area contributed by atoms with Gasteiger partial charge in [0.2, 0.25) is 0 Å². The molecule has 0 aliphatic carbocycles. The molecule has 0 bridgehead atoms. The molecule has 0 N–H and O–H groups in total. The van der Waals surface area contributed by atoms with Crippen LogP contribution in [0.3, 0.4) is 0 Å². The summed E-state index contributed by atoms with van der Waals surface area (Å²) in [5, 5.41) is 0. The Morgan fingerprint density at radius 2 is 2.00 bits per heavy atom. The molecule has 9 heteroatoms. The van der Waals surface area contributed by atoms with E-state index in [0.29, 0.717) is 0 Å². The number of hydrogen-bond donors (Lipinski definition) is 0. The van der Waals surface area contributed by atoms with Gasteiger partial charge in [-0.2, -0.15) is 13.2 Å². The Balaban J connectivity index is 3.55. The number of nitrogens with zero attached hydrogens (tertiary/aromatic N) is 1. The summed E-state index contributed by atoms with van der Waals surface area (Å²) in [7, 11) is 0.888. The molecular weight excluding hydrogens is 376 g/mol. The van der Waals surface area contributed by atoms with Crippen LogP contribution in [-0.2, 0) is 10.9 Å². The maximum absolute atomic E-state index is 12.7. The first kappa shape index (κ1) is 15.1. The summed E-state index contributed by atoms with van der Waals surface area (Å²) < 4.78 is 66.5. The van der Waals surface area contributed by atoms with E-state index < -0.39 is 39.1 Å². The second-order valence-corrected chi connectivity index (χ2v) is 4.07. The number of methoxy groups -OCH3 is 1. The Hall–Kier alpha value is -1.00. The van der Waals surface area contributed by atoms with Gasteiger partial charge in [-0.05, 0) is 28.7 Å². The van der Waals surface area contributed by atoms with Crippen molar-refractivity contribution in [3.05, 3.63) is 26.6 Å². The van der Waals surface area contributed by atoms with E-state index in [4.69, 9.17) is 0 Å². The lowest BCUT2D eigenvalue weighted by molar-refractivity contribution is -0.138. The Labute approximate surface area is 111 Å². The van der Waals surface area contributed by atoms with Gasteiger partial charge in [-0.1, -0.05) is 0 Å². The number of carbonyl (C=O) groups excluding carboxylic acids is 1. The van der Waals surface area contributed by atoms with Crippen LogP contribution in [0.15, 0.2) is 6.07 Å². The molecule has 1 aromatic heterocycles. The first-order valence-corrected chi connectivity index (χ1v) is 5.40. The van der Waals surface area contributed by atoms with Gasteiger partial charge in [-0.15, -0.1) is 0 Å². The molecule has 0 saturated carbocycles. The van der Waals surface area contributed by atoms with Crippen LogP contribution in [-0.4, -0.2) is 18.1 Å². The first-order chi connectivity index (χ1) is 8.18. The van der Waals surface area contributed by atoms with Crippen molar-refractivity contribution >= 4 is 28.6 Å². The molecule has 18 heavy (non-hydrogen) atoms. The lowest BCUT2D eigenvalue weighted by Gasteiger charge is -2.14. The average molecular weight is 381 g/mol. The van der Waals surface area contributed by atoms with Gasteiger partial charge in [0.05, 0.1) is 12.7 Å².